The first kappa shape index (κ1) is 52.9. The van der Waals surface area contributed by atoms with Crippen molar-refractivity contribution in [1.29, 1.82) is 0 Å². The van der Waals surface area contributed by atoms with Gasteiger partial charge in [-0.2, -0.15) is 0 Å². The van der Waals surface area contributed by atoms with Crippen molar-refractivity contribution in [2.45, 2.75) is 252 Å². The van der Waals surface area contributed by atoms with Crippen LogP contribution >= 0.6 is 0 Å². The Morgan fingerprint density at radius 1 is 0.426 bits per heavy atom. The second kappa shape index (κ2) is 44.6. The average Bonchev–Trinajstić information content (AvgIpc) is 3.17. The zero-order valence-electron chi connectivity index (χ0n) is 36.8. The molecule has 1 N–H and O–H groups in total. The van der Waals surface area contributed by atoms with Gasteiger partial charge in [-0.15, -0.1) is 0 Å². The van der Waals surface area contributed by atoms with Crippen molar-refractivity contribution in [3.05, 3.63) is 0 Å². The van der Waals surface area contributed by atoms with E-state index in [0.29, 0.717) is 26.2 Å². The van der Waals surface area contributed by atoms with Gasteiger partial charge in [0.05, 0.1) is 19.1 Å². The van der Waals surface area contributed by atoms with Gasteiger partial charge in [-0.3, -0.25) is 9.59 Å². The SMILES string of the molecule is CCCCCCCCCC(=O)OCCCCCCCCCN(CCCCO)CCCCCCCCCOC(=O)C(CCCCCC)CCCCCCCC. The van der Waals surface area contributed by atoms with Gasteiger partial charge in [-0.1, -0.05) is 188 Å². The molecule has 6 heteroatoms. The van der Waals surface area contributed by atoms with E-state index in [9.17, 15) is 14.7 Å². The van der Waals surface area contributed by atoms with E-state index in [1.54, 1.807) is 0 Å². The van der Waals surface area contributed by atoms with Gasteiger partial charge in [-0.05, 0) is 77.4 Å². The zero-order chi connectivity index (χ0) is 39.4. The lowest BCUT2D eigenvalue weighted by molar-refractivity contribution is -0.149. The quantitative estimate of drug-likeness (QED) is 0.0491. The number of esters is 2. The molecule has 1 unspecified atom stereocenters. The molecule has 0 radical (unpaired) electrons. The first-order chi connectivity index (χ1) is 26.6. The van der Waals surface area contributed by atoms with E-state index < -0.39 is 0 Å². The summed E-state index contributed by atoms with van der Waals surface area (Å²) in [6, 6.07) is 0. The fourth-order valence-corrected chi connectivity index (χ4v) is 7.57. The maximum atomic E-state index is 12.9. The third-order valence-electron chi connectivity index (χ3n) is 11.3. The average molecular weight is 766 g/mol. The molecule has 0 aromatic heterocycles. The summed E-state index contributed by atoms with van der Waals surface area (Å²) in [6.45, 7) is 11.7. The van der Waals surface area contributed by atoms with Crippen molar-refractivity contribution in [2.24, 2.45) is 5.92 Å². The van der Waals surface area contributed by atoms with Crippen LogP contribution in [0.15, 0.2) is 0 Å². The minimum absolute atomic E-state index is 0.00604. The minimum Gasteiger partial charge on any atom is -0.466 e. The summed E-state index contributed by atoms with van der Waals surface area (Å²) in [5, 5.41) is 9.27. The summed E-state index contributed by atoms with van der Waals surface area (Å²) < 4.78 is 11.2. The number of hydrogen-bond donors (Lipinski definition) is 1. The molecule has 0 spiro atoms. The van der Waals surface area contributed by atoms with Crippen LogP contribution < -0.4 is 0 Å². The van der Waals surface area contributed by atoms with Gasteiger partial charge in [0.2, 0.25) is 0 Å². The highest BCUT2D eigenvalue weighted by Crippen LogP contribution is 2.21. The maximum absolute atomic E-state index is 12.9. The molecule has 0 aromatic rings. The van der Waals surface area contributed by atoms with Crippen LogP contribution in [0.4, 0.5) is 0 Å². The Hall–Kier alpha value is -1.14. The summed E-state index contributed by atoms with van der Waals surface area (Å²) >= 11 is 0. The van der Waals surface area contributed by atoms with Gasteiger partial charge >= 0.3 is 11.9 Å². The molecule has 0 bridgehead atoms. The summed E-state index contributed by atoms with van der Waals surface area (Å²) in [4.78, 5) is 27.5. The van der Waals surface area contributed by atoms with Gasteiger partial charge in [0.1, 0.15) is 0 Å². The van der Waals surface area contributed by atoms with Crippen molar-refractivity contribution in [3.63, 3.8) is 0 Å². The molecule has 0 rings (SSSR count). The molecule has 1 atom stereocenters. The Kier molecular flexibility index (Phi) is 43.6. The molecular formula is C48H95NO5. The number of aliphatic hydroxyl groups is 1. The molecule has 0 saturated heterocycles. The van der Waals surface area contributed by atoms with Gasteiger partial charge in [0.25, 0.3) is 0 Å². The van der Waals surface area contributed by atoms with Crippen LogP contribution in [-0.2, 0) is 19.1 Å². The number of hydrogen-bond acceptors (Lipinski definition) is 6. The highest BCUT2D eigenvalue weighted by molar-refractivity contribution is 5.72. The van der Waals surface area contributed by atoms with Crippen LogP contribution in [0.5, 0.6) is 0 Å². The molecule has 0 saturated carbocycles. The number of unbranched alkanes of at least 4 members (excludes halogenated alkanes) is 27. The van der Waals surface area contributed by atoms with Crippen LogP contribution in [0.3, 0.4) is 0 Å². The van der Waals surface area contributed by atoms with Crippen molar-refractivity contribution < 1.29 is 24.2 Å². The van der Waals surface area contributed by atoms with Crippen molar-refractivity contribution in [3.8, 4) is 0 Å². The van der Waals surface area contributed by atoms with E-state index in [-0.39, 0.29) is 17.9 Å². The molecule has 0 amide bonds. The summed E-state index contributed by atoms with van der Waals surface area (Å²) in [6.07, 6.45) is 42.8. The molecule has 0 aliphatic carbocycles. The molecule has 0 fully saturated rings. The fourth-order valence-electron chi connectivity index (χ4n) is 7.57. The van der Waals surface area contributed by atoms with E-state index in [2.05, 4.69) is 25.7 Å². The van der Waals surface area contributed by atoms with Crippen molar-refractivity contribution in [1.82, 2.24) is 4.90 Å². The number of aliphatic hydroxyl groups excluding tert-OH is 1. The Bertz CT molecular complexity index is 761. The number of rotatable bonds is 45. The molecule has 0 aromatic carbocycles. The monoisotopic (exact) mass is 766 g/mol. The Labute approximate surface area is 337 Å². The highest BCUT2D eigenvalue weighted by Gasteiger charge is 2.19. The predicted molar refractivity (Wildman–Crippen MR) is 232 cm³/mol. The molecule has 0 heterocycles. The van der Waals surface area contributed by atoms with E-state index >= 15 is 0 Å². The van der Waals surface area contributed by atoms with Crippen molar-refractivity contribution in [2.75, 3.05) is 39.5 Å². The summed E-state index contributed by atoms with van der Waals surface area (Å²) in [5.74, 6) is 0.179. The summed E-state index contributed by atoms with van der Waals surface area (Å²) in [5.41, 5.74) is 0. The largest absolute Gasteiger partial charge is 0.466 e. The van der Waals surface area contributed by atoms with E-state index in [0.717, 1.165) is 77.2 Å². The molecule has 0 aliphatic rings. The zero-order valence-corrected chi connectivity index (χ0v) is 36.8. The van der Waals surface area contributed by atoms with Crippen LogP contribution in [0, 0.1) is 5.92 Å². The van der Waals surface area contributed by atoms with Crippen LogP contribution in [0.2, 0.25) is 0 Å². The maximum Gasteiger partial charge on any atom is 0.308 e. The second-order valence-corrected chi connectivity index (χ2v) is 16.6. The number of carbonyl (C=O) groups is 2. The van der Waals surface area contributed by atoms with Crippen LogP contribution in [0.1, 0.15) is 252 Å². The first-order valence-electron chi connectivity index (χ1n) is 24.2. The van der Waals surface area contributed by atoms with E-state index in [1.807, 2.05) is 0 Å². The minimum atomic E-state index is -0.00604. The normalized spacial score (nSPS) is 12.1. The second-order valence-electron chi connectivity index (χ2n) is 16.6. The lowest BCUT2D eigenvalue weighted by Crippen LogP contribution is -2.27. The molecular weight excluding hydrogens is 671 g/mol. The molecule has 0 aliphatic heterocycles. The van der Waals surface area contributed by atoms with Gasteiger partial charge in [0, 0.05) is 13.0 Å². The Balaban J connectivity index is 3.92. The third-order valence-corrected chi connectivity index (χ3v) is 11.3. The third kappa shape index (κ3) is 39.1. The lowest BCUT2D eigenvalue weighted by Gasteiger charge is -2.22. The van der Waals surface area contributed by atoms with Gasteiger partial charge in [-0.25, -0.2) is 0 Å². The van der Waals surface area contributed by atoms with Gasteiger partial charge in [0.15, 0.2) is 0 Å². The molecule has 54 heavy (non-hydrogen) atoms. The van der Waals surface area contributed by atoms with Crippen LogP contribution in [-0.4, -0.2) is 61.4 Å². The topological polar surface area (TPSA) is 76.1 Å². The molecule has 6 nitrogen and oxygen atoms in total. The van der Waals surface area contributed by atoms with E-state index in [1.165, 1.54) is 167 Å². The standard InChI is InChI=1S/C48H95NO5/c1-4-7-10-13-17-23-30-39-47(51)53-44-35-26-20-15-18-24-31-40-49(42-33-34-43-50)41-32-25-19-16-21-27-36-45-54-48(52)46(37-28-12-9-6-3)38-29-22-14-11-8-5-2/h46,50H,4-45H2,1-3H3. The Morgan fingerprint density at radius 3 is 1.24 bits per heavy atom. The smallest absolute Gasteiger partial charge is 0.308 e. The summed E-state index contributed by atoms with van der Waals surface area (Å²) in [7, 11) is 0. The lowest BCUT2D eigenvalue weighted by atomic mass is 9.94. The van der Waals surface area contributed by atoms with Crippen molar-refractivity contribution >= 4 is 11.9 Å². The number of carbonyl (C=O) groups excluding carboxylic acids is 2. The number of nitrogens with zero attached hydrogens (tertiary/aromatic N) is 1. The first-order valence-corrected chi connectivity index (χ1v) is 24.2. The predicted octanol–water partition coefficient (Wildman–Crippen LogP) is 14.1. The van der Waals surface area contributed by atoms with Gasteiger partial charge < -0.3 is 19.5 Å². The molecule has 322 valence electrons. The Morgan fingerprint density at radius 2 is 0.778 bits per heavy atom. The fraction of sp³-hybridized carbons (Fsp3) is 0.958. The highest BCUT2D eigenvalue weighted by atomic mass is 16.5. The van der Waals surface area contributed by atoms with E-state index in [4.69, 9.17) is 9.47 Å². The number of ether oxygens (including phenoxy) is 2. The van der Waals surface area contributed by atoms with Crippen LogP contribution in [0.25, 0.3) is 0 Å².